The molecule has 0 aliphatic carbocycles. The zero-order valence-corrected chi connectivity index (χ0v) is 4.88. The van der Waals surface area contributed by atoms with Crippen LogP contribution in [0.3, 0.4) is 0 Å². The van der Waals surface area contributed by atoms with Gasteiger partial charge in [0, 0.05) is 22.4 Å². The van der Waals surface area contributed by atoms with E-state index in [-0.39, 0.29) is 62.8 Å². The van der Waals surface area contributed by atoms with Crippen molar-refractivity contribution in [2.24, 2.45) is 0 Å². The van der Waals surface area contributed by atoms with Crippen LogP contribution < -0.4 is 0 Å². The normalized spacial score (nSPS) is 7.38. The van der Waals surface area contributed by atoms with Gasteiger partial charge in [-0.1, -0.05) is 0 Å². The van der Waals surface area contributed by atoms with Gasteiger partial charge in [0.1, 0.15) is 0 Å². The molecule has 0 saturated carbocycles. The predicted molar refractivity (Wildman–Crippen MR) is 32.7 cm³/mol. The molecule has 0 amide bonds. The van der Waals surface area contributed by atoms with Crippen LogP contribution in [0.2, 0.25) is 0 Å². The fraction of sp³-hybridized carbons (Fsp3) is 0. The number of phosphoric acid groups is 1. The molecule has 53 valence electrons. The fourth-order valence-electron chi connectivity index (χ4n) is 0. The molecule has 0 heterocycles. The Kier molecular flexibility index (Phi) is 25.7. The van der Waals surface area contributed by atoms with E-state index in [0.29, 0.717) is 0 Å². The molecule has 0 saturated heterocycles. The number of rotatable bonds is 0. The summed E-state index contributed by atoms with van der Waals surface area (Å²) in [6, 6.07) is 0. The Morgan fingerprint density at radius 1 is 1.12 bits per heavy atom. The molecular weight excluding hydrogens is 254 g/mol. The van der Waals surface area contributed by atoms with Crippen molar-refractivity contribution in [3.8, 4) is 0 Å². The quantitative estimate of drug-likeness (QED) is 0.320. The standard InChI is InChI=1S/Ag.Al.Mg.H3O4P.5H/c;;;1-5(2,3)4;;;;;/h;;;(H3,1,2,3,4);;;;;. The first-order valence-corrected chi connectivity index (χ1v) is 2.35. The maximum atomic E-state index is 8.88. The van der Waals surface area contributed by atoms with Crippen molar-refractivity contribution in [2.45, 2.75) is 0 Å². The van der Waals surface area contributed by atoms with Gasteiger partial charge in [0.2, 0.25) is 0 Å². The van der Waals surface area contributed by atoms with Gasteiger partial charge in [0.25, 0.3) is 0 Å². The maximum Gasteiger partial charge on any atom is 0.466 e. The molecule has 1 radical (unpaired) electrons. The van der Waals surface area contributed by atoms with Crippen molar-refractivity contribution in [3.05, 3.63) is 0 Å². The molecule has 0 aromatic carbocycles. The Morgan fingerprint density at radius 2 is 1.12 bits per heavy atom. The minimum Gasteiger partial charge on any atom is -0.303 e. The van der Waals surface area contributed by atoms with Gasteiger partial charge in [0.15, 0.2) is 17.4 Å². The van der Waals surface area contributed by atoms with Crippen molar-refractivity contribution in [2.75, 3.05) is 0 Å². The molecule has 0 aromatic heterocycles. The van der Waals surface area contributed by atoms with Gasteiger partial charge in [-0.15, -0.1) is 0 Å². The molecule has 4 nitrogen and oxygen atoms in total. The zero-order chi connectivity index (χ0) is 4.50. The zero-order valence-electron chi connectivity index (χ0n) is 2.50. The van der Waals surface area contributed by atoms with Crippen LogP contribution in [0, 0.1) is 0 Å². The van der Waals surface area contributed by atoms with Gasteiger partial charge < -0.3 is 14.7 Å². The summed E-state index contributed by atoms with van der Waals surface area (Å²) in [5.41, 5.74) is 0. The SMILES string of the molecule is O=P(O)(O)O.[Ag].[AlH3].[MgH2]. The van der Waals surface area contributed by atoms with E-state index < -0.39 is 7.82 Å². The van der Waals surface area contributed by atoms with E-state index in [1.807, 2.05) is 0 Å². The first-order chi connectivity index (χ1) is 2.00. The molecule has 3 N–H and O–H groups in total. The van der Waals surface area contributed by atoms with E-state index >= 15 is 0 Å². The predicted octanol–water partition coefficient (Wildman–Crippen LogP) is -3.03. The topological polar surface area (TPSA) is 77.8 Å². The minimum atomic E-state index is -4.64. The molecule has 0 rings (SSSR count). The van der Waals surface area contributed by atoms with E-state index in [1.165, 1.54) is 0 Å². The molecule has 0 spiro atoms. The van der Waals surface area contributed by atoms with Crippen molar-refractivity contribution < 1.29 is 41.6 Å². The van der Waals surface area contributed by atoms with E-state index in [4.69, 9.17) is 19.2 Å². The largest absolute Gasteiger partial charge is 0.466 e. The first-order valence-electron chi connectivity index (χ1n) is 0.783. The van der Waals surface area contributed by atoms with Gasteiger partial charge in [0.05, 0.1) is 0 Å². The summed E-state index contributed by atoms with van der Waals surface area (Å²) >= 11 is 0. The van der Waals surface area contributed by atoms with Crippen LogP contribution in [0.15, 0.2) is 0 Å². The molecule has 0 fully saturated rings. The Hall–Kier alpha value is 2.15. The van der Waals surface area contributed by atoms with Crippen molar-refractivity contribution in [1.29, 1.82) is 0 Å². The summed E-state index contributed by atoms with van der Waals surface area (Å²) in [5, 5.41) is 0. The second-order valence-corrected chi connectivity index (χ2v) is 1.54. The second-order valence-electron chi connectivity index (χ2n) is 0.513. The van der Waals surface area contributed by atoms with Crippen molar-refractivity contribution >= 4 is 48.2 Å². The molecule has 0 atom stereocenters. The third kappa shape index (κ3) is 90.2. The average Bonchev–Trinajstić information content (AvgIpc) is 0.722. The average molecular weight is 262 g/mol. The van der Waals surface area contributed by atoms with Crippen LogP contribution >= 0.6 is 7.82 Å². The number of hydrogen-bond donors (Lipinski definition) is 3. The van der Waals surface area contributed by atoms with Crippen LogP contribution in [-0.2, 0) is 26.9 Å². The third-order valence-corrected chi connectivity index (χ3v) is 0. The molecule has 0 aliphatic rings. The summed E-state index contributed by atoms with van der Waals surface area (Å²) in [6.07, 6.45) is 0. The summed E-state index contributed by atoms with van der Waals surface area (Å²) in [6.45, 7) is 0. The summed E-state index contributed by atoms with van der Waals surface area (Å²) < 4.78 is 8.88. The molecule has 0 unspecified atom stereocenters. The summed E-state index contributed by atoms with van der Waals surface area (Å²) in [5.74, 6) is 0. The van der Waals surface area contributed by atoms with E-state index in [9.17, 15) is 0 Å². The fourth-order valence-corrected chi connectivity index (χ4v) is 0. The Bertz CT molecular complexity index is 62.2. The van der Waals surface area contributed by atoms with Crippen LogP contribution in [0.1, 0.15) is 0 Å². The Balaban J connectivity index is -0.0000000267. The maximum absolute atomic E-state index is 8.88. The minimum absolute atomic E-state index is 0. The molecular formula is H8AgAlMgO4P. The first kappa shape index (κ1) is 22.5. The molecule has 0 bridgehead atoms. The van der Waals surface area contributed by atoms with Crippen molar-refractivity contribution in [3.63, 3.8) is 0 Å². The van der Waals surface area contributed by atoms with Gasteiger partial charge in [-0.3, -0.25) is 0 Å². The number of hydrogen-bond acceptors (Lipinski definition) is 1. The third-order valence-electron chi connectivity index (χ3n) is 0. The van der Waals surface area contributed by atoms with Crippen LogP contribution in [0.4, 0.5) is 0 Å². The van der Waals surface area contributed by atoms with E-state index in [0.717, 1.165) is 0 Å². The van der Waals surface area contributed by atoms with Gasteiger partial charge in [-0.05, 0) is 0 Å². The van der Waals surface area contributed by atoms with Gasteiger partial charge in [-0.25, -0.2) is 4.57 Å². The molecule has 8 heavy (non-hydrogen) atoms. The Morgan fingerprint density at radius 3 is 1.12 bits per heavy atom. The summed E-state index contributed by atoms with van der Waals surface area (Å²) in [4.78, 5) is 21.6. The van der Waals surface area contributed by atoms with Crippen LogP contribution in [0.5, 0.6) is 0 Å². The van der Waals surface area contributed by atoms with Gasteiger partial charge >= 0.3 is 30.9 Å². The van der Waals surface area contributed by atoms with E-state index in [2.05, 4.69) is 0 Å². The van der Waals surface area contributed by atoms with Crippen LogP contribution in [0.25, 0.3) is 0 Å². The molecule has 0 aliphatic heterocycles. The molecule has 0 aromatic rings. The van der Waals surface area contributed by atoms with Crippen LogP contribution in [-0.4, -0.2) is 55.1 Å². The monoisotopic (exact) mass is 261 g/mol. The smallest absolute Gasteiger partial charge is 0.303 e. The summed E-state index contributed by atoms with van der Waals surface area (Å²) in [7, 11) is -4.64. The second kappa shape index (κ2) is 9.15. The van der Waals surface area contributed by atoms with Crippen molar-refractivity contribution in [1.82, 2.24) is 0 Å². The van der Waals surface area contributed by atoms with E-state index in [1.54, 1.807) is 0 Å². The van der Waals surface area contributed by atoms with Gasteiger partial charge in [-0.2, -0.15) is 0 Å². The molecule has 8 heteroatoms. The Labute approximate surface area is 89.1 Å².